The SMILES string of the molecule is COC(=O)c1cn(C2CCN(Cc3cccc4nccn34)C2)nn1. The van der Waals surface area contributed by atoms with Crippen molar-refractivity contribution in [1.29, 1.82) is 0 Å². The Bertz CT molecular complexity index is 870. The summed E-state index contributed by atoms with van der Waals surface area (Å²) >= 11 is 0. The van der Waals surface area contributed by atoms with Gasteiger partial charge in [0.05, 0.1) is 19.3 Å². The Morgan fingerprint density at radius 2 is 2.33 bits per heavy atom. The summed E-state index contributed by atoms with van der Waals surface area (Å²) < 4.78 is 8.55. The maximum absolute atomic E-state index is 11.5. The van der Waals surface area contributed by atoms with Gasteiger partial charge in [-0.05, 0) is 18.6 Å². The molecule has 1 unspecified atom stereocenters. The van der Waals surface area contributed by atoms with Crippen molar-refractivity contribution in [3.8, 4) is 0 Å². The van der Waals surface area contributed by atoms with E-state index in [1.165, 1.54) is 12.8 Å². The molecule has 0 aromatic carbocycles. The highest BCUT2D eigenvalue weighted by molar-refractivity contribution is 5.86. The molecule has 1 aliphatic heterocycles. The van der Waals surface area contributed by atoms with Gasteiger partial charge >= 0.3 is 5.97 Å². The zero-order chi connectivity index (χ0) is 16.5. The molecule has 3 aromatic heterocycles. The fraction of sp³-hybridized carbons (Fsp3) is 0.375. The number of likely N-dealkylation sites (tertiary alicyclic amines) is 1. The number of hydrogen-bond donors (Lipinski definition) is 0. The van der Waals surface area contributed by atoms with Gasteiger partial charge in [-0.3, -0.25) is 4.90 Å². The molecule has 4 heterocycles. The lowest BCUT2D eigenvalue weighted by Crippen LogP contribution is -2.22. The van der Waals surface area contributed by atoms with Crippen LogP contribution in [-0.4, -0.2) is 55.4 Å². The number of nitrogens with zero attached hydrogens (tertiary/aromatic N) is 6. The van der Waals surface area contributed by atoms with Crippen molar-refractivity contribution in [3.05, 3.63) is 48.2 Å². The third-order valence-corrected chi connectivity index (χ3v) is 4.42. The lowest BCUT2D eigenvalue weighted by atomic mass is 10.3. The average molecular weight is 326 g/mol. The number of imidazole rings is 1. The molecular weight excluding hydrogens is 308 g/mol. The van der Waals surface area contributed by atoms with Crippen LogP contribution in [0.3, 0.4) is 0 Å². The molecule has 0 bridgehead atoms. The molecule has 0 saturated carbocycles. The standard InChI is InChI=1S/C16H18N6O2/c1-24-16(23)14-11-22(19-18-14)13-5-7-20(10-13)9-12-3-2-4-15-17-6-8-21(12)15/h2-4,6,8,11,13H,5,7,9-10H2,1H3. The number of hydrogen-bond acceptors (Lipinski definition) is 6. The number of rotatable bonds is 4. The molecular formula is C16H18N6O2. The highest BCUT2D eigenvalue weighted by Gasteiger charge is 2.26. The minimum atomic E-state index is -0.456. The van der Waals surface area contributed by atoms with Crippen LogP contribution >= 0.6 is 0 Å². The molecule has 0 amide bonds. The maximum Gasteiger partial charge on any atom is 0.360 e. The first kappa shape index (κ1) is 14.8. The average Bonchev–Trinajstić information content (AvgIpc) is 3.33. The molecule has 0 aliphatic carbocycles. The van der Waals surface area contributed by atoms with E-state index in [2.05, 4.69) is 35.4 Å². The topological polar surface area (TPSA) is 77.5 Å². The van der Waals surface area contributed by atoms with Crippen molar-refractivity contribution >= 4 is 11.6 Å². The van der Waals surface area contributed by atoms with E-state index in [0.717, 1.165) is 31.7 Å². The maximum atomic E-state index is 11.5. The fourth-order valence-electron chi connectivity index (χ4n) is 3.19. The summed E-state index contributed by atoms with van der Waals surface area (Å²) in [4.78, 5) is 18.2. The van der Waals surface area contributed by atoms with Gasteiger partial charge < -0.3 is 9.14 Å². The highest BCUT2D eigenvalue weighted by Crippen LogP contribution is 2.22. The van der Waals surface area contributed by atoms with Gasteiger partial charge in [0, 0.05) is 37.7 Å². The first-order valence-corrected chi connectivity index (χ1v) is 7.88. The number of ether oxygens (including phenoxy) is 1. The zero-order valence-corrected chi connectivity index (χ0v) is 13.4. The van der Waals surface area contributed by atoms with E-state index < -0.39 is 5.97 Å². The smallest absolute Gasteiger partial charge is 0.360 e. The van der Waals surface area contributed by atoms with Gasteiger partial charge in [-0.25, -0.2) is 14.5 Å². The molecule has 1 fully saturated rings. The number of methoxy groups -OCH3 is 1. The second-order valence-corrected chi connectivity index (χ2v) is 5.93. The fourth-order valence-corrected chi connectivity index (χ4v) is 3.19. The van der Waals surface area contributed by atoms with Gasteiger partial charge in [-0.2, -0.15) is 0 Å². The van der Waals surface area contributed by atoms with Crippen LogP contribution in [0.2, 0.25) is 0 Å². The van der Waals surface area contributed by atoms with E-state index in [1.54, 1.807) is 10.9 Å². The second-order valence-electron chi connectivity index (χ2n) is 5.93. The third kappa shape index (κ3) is 2.65. The Hall–Kier alpha value is -2.74. The molecule has 0 spiro atoms. The van der Waals surface area contributed by atoms with Gasteiger partial charge in [-0.1, -0.05) is 11.3 Å². The van der Waals surface area contributed by atoms with Gasteiger partial charge in [0.2, 0.25) is 0 Å². The molecule has 0 N–H and O–H groups in total. The largest absolute Gasteiger partial charge is 0.464 e. The molecule has 1 saturated heterocycles. The summed E-state index contributed by atoms with van der Waals surface area (Å²) in [6.07, 6.45) is 6.44. The zero-order valence-electron chi connectivity index (χ0n) is 13.4. The molecule has 124 valence electrons. The Balaban J connectivity index is 1.46. The normalized spacial score (nSPS) is 18.3. The van der Waals surface area contributed by atoms with Gasteiger partial charge in [0.25, 0.3) is 0 Å². The Morgan fingerprint density at radius 1 is 1.42 bits per heavy atom. The van der Waals surface area contributed by atoms with Crippen LogP contribution in [0.15, 0.2) is 36.8 Å². The van der Waals surface area contributed by atoms with Crippen molar-refractivity contribution in [2.24, 2.45) is 0 Å². The number of carbonyl (C=O) groups excluding carboxylic acids is 1. The molecule has 8 heteroatoms. The van der Waals surface area contributed by atoms with Crippen molar-refractivity contribution in [3.63, 3.8) is 0 Å². The van der Waals surface area contributed by atoms with Crippen molar-refractivity contribution in [2.75, 3.05) is 20.2 Å². The second kappa shape index (κ2) is 6.04. The number of aromatic nitrogens is 5. The van der Waals surface area contributed by atoms with Crippen LogP contribution in [0.4, 0.5) is 0 Å². The number of fused-ring (bicyclic) bond motifs is 1. The summed E-state index contributed by atoms with van der Waals surface area (Å²) in [6.45, 7) is 2.70. The predicted octanol–water partition coefficient (Wildman–Crippen LogP) is 1.16. The van der Waals surface area contributed by atoms with E-state index in [0.29, 0.717) is 0 Å². The first-order valence-electron chi connectivity index (χ1n) is 7.88. The van der Waals surface area contributed by atoms with Crippen molar-refractivity contribution in [2.45, 2.75) is 19.0 Å². The first-order chi connectivity index (χ1) is 11.7. The molecule has 24 heavy (non-hydrogen) atoms. The summed E-state index contributed by atoms with van der Waals surface area (Å²) in [5.41, 5.74) is 2.42. The summed E-state index contributed by atoms with van der Waals surface area (Å²) in [5, 5.41) is 7.96. The molecule has 4 rings (SSSR count). The molecule has 0 radical (unpaired) electrons. The molecule has 8 nitrogen and oxygen atoms in total. The van der Waals surface area contributed by atoms with Gasteiger partial charge in [0.1, 0.15) is 5.65 Å². The molecule has 1 atom stereocenters. The minimum absolute atomic E-state index is 0.220. The Morgan fingerprint density at radius 3 is 3.21 bits per heavy atom. The number of pyridine rings is 1. The van der Waals surface area contributed by atoms with Gasteiger partial charge in [0.15, 0.2) is 5.69 Å². The third-order valence-electron chi connectivity index (χ3n) is 4.42. The highest BCUT2D eigenvalue weighted by atomic mass is 16.5. The predicted molar refractivity (Wildman–Crippen MR) is 85.5 cm³/mol. The summed E-state index contributed by atoms with van der Waals surface area (Å²) in [5.74, 6) is -0.456. The number of carbonyl (C=O) groups is 1. The minimum Gasteiger partial charge on any atom is -0.464 e. The van der Waals surface area contributed by atoms with Gasteiger partial charge in [-0.15, -0.1) is 5.10 Å². The van der Waals surface area contributed by atoms with Crippen LogP contribution in [0.1, 0.15) is 28.6 Å². The monoisotopic (exact) mass is 326 g/mol. The van der Waals surface area contributed by atoms with E-state index in [9.17, 15) is 4.79 Å². The van der Waals surface area contributed by atoms with E-state index in [4.69, 9.17) is 0 Å². The molecule has 1 aliphatic rings. The molecule has 3 aromatic rings. The van der Waals surface area contributed by atoms with E-state index in [-0.39, 0.29) is 11.7 Å². The van der Waals surface area contributed by atoms with Crippen LogP contribution in [-0.2, 0) is 11.3 Å². The quantitative estimate of drug-likeness (QED) is 0.670. The lowest BCUT2D eigenvalue weighted by molar-refractivity contribution is 0.0594. The summed E-state index contributed by atoms with van der Waals surface area (Å²) in [6, 6.07) is 6.37. The van der Waals surface area contributed by atoms with Crippen molar-refractivity contribution < 1.29 is 9.53 Å². The van der Waals surface area contributed by atoms with Crippen LogP contribution < -0.4 is 0 Å². The summed E-state index contributed by atoms with van der Waals surface area (Å²) in [7, 11) is 1.34. The van der Waals surface area contributed by atoms with Crippen LogP contribution in [0, 0.1) is 0 Å². The van der Waals surface area contributed by atoms with E-state index in [1.807, 2.05) is 24.5 Å². The van der Waals surface area contributed by atoms with Crippen molar-refractivity contribution in [1.82, 2.24) is 29.3 Å². The lowest BCUT2D eigenvalue weighted by Gasteiger charge is -2.17. The number of esters is 1. The Labute approximate surface area is 138 Å². The van der Waals surface area contributed by atoms with Crippen LogP contribution in [0.25, 0.3) is 5.65 Å². The van der Waals surface area contributed by atoms with Crippen LogP contribution in [0.5, 0.6) is 0 Å². The van der Waals surface area contributed by atoms with E-state index >= 15 is 0 Å². The Kier molecular flexibility index (Phi) is 3.73.